The number of anilines is 1. The van der Waals surface area contributed by atoms with Crippen LogP contribution >= 0.6 is 0 Å². The molecular formula is C16H19NO3. The molecule has 1 amide bonds. The number of aliphatic hydroxyl groups excluding tert-OH is 1. The minimum atomic E-state index is -0.151. The summed E-state index contributed by atoms with van der Waals surface area (Å²) in [5.74, 6) is 5.47. The molecule has 4 nitrogen and oxygen atoms in total. The van der Waals surface area contributed by atoms with Crippen molar-refractivity contribution in [3.63, 3.8) is 0 Å². The van der Waals surface area contributed by atoms with E-state index in [1.807, 2.05) is 25.1 Å². The van der Waals surface area contributed by atoms with E-state index in [4.69, 9.17) is 9.84 Å². The maximum Gasteiger partial charge on any atom is 0.229 e. The van der Waals surface area contributed by atoms with Gasteiger partial charge in [0.1, 0.15) is 6.61 Å². The van der Waals surface area contributed by atoms with Crippen LogP contribution in [-0.2, 0) is 16.0 Å². The van der Waals surface area contributed by atoms with Crippen LogP contribution in [0.3, 0.4) is 0 Å². The first kappa shape index (κ1) is 14.6. The molecule has 2 N–H and O–H groups in total. The van der Waals surface area contributed by atoms with Gasteiger partial charge >= 0.3 is 0 Å². The molecule has 0 aliphatic carbocycles. The molecule has 0 radical (unpaired) electrons. The van der Waals surface area contributed by atoms with Gasteiger partial charge in [0.05, 0.1) is 12.5 Å². The molecule has 1 heterocycles. The fourth-order valence-corrected chi connectivity index (χ4v) is 2.20. The van der Waals surface area contributed by atoms with Gasteiger partial charge in [0.15, 0.2) is 0 Å². The average Bonchev–Trinajstić information content (AvgIpc) is 3.00. The zero-order chi connectivity index (χ0) is 14.4. The second kappa shape index (κ2) is 7.09. The topological polar surface area (TPSA) is 58.6 Å². The number of nitrogens with one attached hydrogen (secondary N) is 1. The van der Waals surface area contributed by atoms with Gasteiger partial charge in [0.2, 0.25) is 5.91 Å². The van der Waals surface area contributed by atoms with Crippen molar-refractivity contribution in [2.24, 2.45) is 5.92 Å². The van der Waals surface area contributed by atoms with Gasteiger partial charge in [0.25, 0.3) is 0 Å². The summed E-state index contributed by atoms with van der Waals surface area (Å²) in [4.78, 5) is 12.1. The van der Waals surface area contributed by atoms with Gasteiger partial charge < -0.3 is 15.2 Å². The van der Waals surface area contributed by atoms with Gasteiger partial charge in [-0.05, 0) is 36.6 Å². The molecule has 0 spiro atoms. The number of amides is 1. The van der Waals surface area contributed by atoms with E-state index >= 15 is 0 Å². The lowest BCUT2D eigenvalue weighted by Gasteiger charge is -2.13. The van der Waals surface area contributed by atoms with E-state index in [1.54, 1.807) is 0 Å². The molecule has 106 valence electrons. The molecule has 1 aliphatic heterocycles. The molecule has 1 aromatic rings. The van der Waals surface area contributed by atoms with E-state index in [0.29, 0.717) is 13.2 Å². The number of carbonyl (C=O) groups is 1. The van der Waals surface area contributed by atoms with Gasteiger partial charge in [-0.1, -0.05) is 18.8 Å². The Bertz CT molecular complexity index is 536. The highest BCUT2D eigenvalue weighted by molar-refractivity contribution is 5.93. The Labute approximate surface area is 119 Å². The fraction of sp³-hybridized carbons (Fsp3) is 0.438. The molecule has 4 heteroatoms. The van der Waals surface area contributed by atoms with E-state index in [2.05, 4.69) is 17.2 Å². The maximum atomic E-state index is 12.1. The zero-order valence-corrected chi connectivity index (χ0v) is 11.6. The third kappa shape index (κ3) is 3.60. The average molecular weight is 273 g/mol. The van der Waals surface area contributed by atoms with E-state index < -0.39 is 0 Å². The normalized spacial score (nSPS) is 17.4. The second-order valence-corrected chi connectivity index (χ2v) is 4.74. The summed E-state index contributed by atoms with van der Waals surface area (Å²) in [5, 5.41) is 11.7. The smallest absolute Gasteiger partial charge is 0.229 e. The molecule has 1 aliphatic rings. The fourth-order valence-electron chi connectivity index (χ4n) is 2.20. The van der Waals surface area contributed by atoms with Crippen molar-refractivity contribution in [2.45, 2.75) is 19.8 Å². The lowest BCUT2D eigenvalue weighted by molar-refractivity contribution is -0.119. The first-order chi connectivity index (χ1) is 9.74. The van der Waals surface area contributed by atoms with Crippen LogP contribution in [0, 0.1) is 17.8 Å². The summed E-state index contributed by atoms with van der Waals surface area (Å²) in [6.07, 6.45) is 1.60. The Kier molecular flexibility index (Phi) is 5.16. The molecule has 1 unspecified atom stereocenters. The number of benzene rings is 1. The van der Waals surface area contributed by atoms with Crippen molar-refractivity contribution >= 4 is 11.6 Å². The van der Waals surface area contributed by atoms with Crippen LogP contribution in [0.4, 0.5) is 5.69 Å². The molecule has 1 aromatic carbocycles. The quantitative estimate of drug-likeness (QED) is 0.822. The van der Waals surface area contributed by atoms with Gasteiger partial charge in [-0.3, -0.25) is 4.79 Å². The molecular weight excluding hydrogens is 254 g/mol. The van der Waals surface area contributed by atoms with Crippen molar-refractivity contribution < 1.29 is 14.6 Å². The predicted octanol–water partition coefficient (Wildman–Crippen LogP) is 1.57. The Morgan fingerprint density at radius 1 is 1.55 bits per heavy atom. The van der Waals surface area contributed by atoms with Crippen LogP contribution in [0.5, 0.6) is 0 Å². The van der Waals surface area contributed by atoms with Gasteiger partial charge in [-0.2, -0.15) is 0 Å². The molecule has 1 saturated heterocycles. The van der Waals surface area contributed by atoms with E-state index in [1.165, 1.54) is 0 Å². The highest BCUT2D eigenvalue weighted by Gasteiger charge is 2.23. The lowest BCUT2D eigenvalue weighted by atomic mass is 10.0. The minimum absolute atomic E-state index is 0.0198. The Hall–Kier alpha value is -1.83. The number of aryl methyl sites for hydroxylation is 1. The van der Waals surface area contributed by atoms with Gasteiger partial charge in [-0.15, -0.1) is 0 Å². The van der Waals surface area contributed by atoms with Crippen molar-refractivity contribution in [1.29, 1.82) is 0 Å². The first-order valence-electron chi connectivity index (χ1n) is 6.86. The van der Waals surface area contributed by atoms with Crippen LogP contribution in [-0.4, -0.2) is 30.8 Å². The second-order valence-electron chi connectivity index (χ2n) is 4.74. The number of ether oxygens (including phenoxy) is 1. The molecule has 0 saturated carbocycles. The standard InChI is InChI=1S/C16H19NO3/c1-2-13-10-12(4-3-8-18)5-6-15(13)17-16(19)14-7-9-20-11-14/h5-6,10,14,18H,2,7-9,11H2,1H3,(H,17,19). The summed E-state index contributed by atoms with van der Waals surface area (Å²) in [5.41, 5.74) is 2.72. The maximum absolute atomic E-state index is 12.1. The van der Waals surface area contributed by atoms with Gasteiger partial charge in [-0.25, -0.2) is 0 Å². The Morgan fingerprint density at radius 2 is 2.40 bits per heavy atom. The predicted molar refractivity (Wildman–Crippen MR) is 77.3 cm³/mol. The zero-order valence-electron chi connectivity index (χ0n) is 11.6. The van der Waals surface area contributed by atoms with Crippen LogP contribution in [0.1, 0.15) is 24.5 Å². The highest BCUT2D eigenvalue weighted by Crippen LogP contribution is 2.21. The van der Waals surface area contributed by atoms with E-state index in [9.17, 15) is 4.79 Å². The molecule has 2 rings (SSSR count). The SMILES string of the molecule is CCc1cc(C#CCO)ccc1NC(=O)C1CCOC1. The van der Waals surface area contributed by atoms with Crippen LogP contribution in [0.25, 0.3) is 0 Å². The number of hydrogen-bond donors (Lipinski definition) is 2. The lowest BCUT2D eigenvalue weighted by Crippen LogP contribution is -2.23. The largest absolute Gasteiger partial charge is 0.384 e. The molecule has 1 atom stereocenters. The first-order valence-corrected chi connectivity index (χ1v) is 6.86. The summed E-state index contributed by atoms with van der Waals surface area (Å²) in [7, 11) is 0. The molecule has 0 aromatic heterocycles. The third-order valence-corrected chi connectivity index (χ3v) is 3.36. The minimum Gasteiger partial charge on any atom is -0.384 e. The summed E-state index contributed by atoms with van der Waals surface area (Å²) < 4.78 is 5.23. The molecule has 0 bridgehead atoms. The summed E-state index contributed by atoms with van der Waals surface area (Å²) >= 11 is 0. The van der Waals surface area contributed by atoms with Crippen molar-refractivity contribution in [2.75, 3.05) is 25.1 Å². The summed E-state index contributed by atoms with van der Waals surface area (Å²) in [6, 6.07) is 5.67. The Balaban J connectivity index is 2.12. The van der Waals surface area contributed by atoms with Crippen molar-refractivity contribution in [3.05, 3.63) is 29.3 Å². The number of aliphatic hydroxyl groups is 1. The van der Waals surface area contributed by atoms with Crippen LogP contribution in [0.2, 0.25) is 0 Å². The van der Waals surface area contributed by atoms with Gasteiger partial charge in [0, 0.05) is 17.9 Å². The van der Waals surface area contributed by atoms with Crippen molar-refractivity contribution in [3.8, 4) is 11.8 Å². The number of rotatable bonds is 3. The molecule has 20 heavy (non-hydrogen) atoms. The van der Waals surface area contributed by atoms with Crippen LogP contribution in [0.15, 0.2) is 18.2 Å². The summed E-state index contributed by atoms with van der Waals surface area (Å²) in [6.45, 7) is 3.05. The van der Waals surface area contributed by atoms with Crippen molar-refractivity contribution in [1.82, 2.24) is 0 Å². The number of hydrogen-bond acceptors (Lipinski definition) is 3. The van der Waals surface area contributed by atoms with Crippen LogP contribution < -0.4 is 5.32 Å². The van der Waals surface area contributed by atoms with E-state index in [0.717, 1.165) is 29.7 Å². The monoisotopic (exact) mass is 273 g/mol. The third-order valence-electron chi connectivity index (χ3n) is 3.36. The van der Waals surface area contributed by atoms with E-state index in [-0.39, 0.29) is 18.4 Å². The highest BCUT2D eigenvalue weighted by atomic mass is 16.5. The Morgan fingerprint density at radius 3 is 3.05 bits per heavy atom. The molecule has 1 fully saturated rings. The number of carbonyl (C=O) groups excluding carboxylic acids is 1.